The minimum Gasteiger partial charge on any atom is -0.323 e. The highest BCUT2D eigenvalue weighted by Crippen LogP contribution is 2.49. The Bertz CT molecular complexity index is 981. The Morgan fingerprint density at radius 3 is 2.53 bits per heavy atom. The average molecular weight is 452 g/mol. The highest BCUT2D eigenvalue weighted by Gasteiger charge is 2.54. The maximum atomic E-state index is 14.0. The summed E-state index contributed by atoms with van der Waals surface area (Å²) in [5.41, 5.74) is -0.646. The Labute approximate surface area is 182 Å². The molecule has 1 spiro atoms. The fourth-order valence-electron chi connectivity index (χ4n) is 5.16. The number of nitrogens with one attached hydrogen (secondary N) is 1. The smallest absolute Gasteiger partial charge is 0.323 e. The number of halogens is 4. The van der Waals surface area contributed by atoms with Crippen LogP contribution in [0.5, 0.6) is 0 Å². The number of hydrogen-bond acceptors (Lipinski definition) is 4. The van der Waals surface area contributed by atoms with Crippen molar-refractivity contribution in [2.24, 2.45) is 5.41 Å². The van der Waals surface area contributed by atoms with Crippen molar-refractivity contribution in [3.63, 3.8) is 0 Å². The number of carbonyl (C=O) groups is 1. The number of benzene rings is 1. The van der Waals surface area contributed by atoms with Gasteiger partial charge in [-0.15, -0.1) is 10.2 Å². The van der Waals surface area contributed by atoms with Crippen LogP contribution in [0.1, 0.15) is 36.4 Å². The van der Waals surface area contributed by atoms with Crippen LogP contribution in [0.25, 0.3) is 0 Å². The van der Waals surface area contributed by atoms with Crippen LogP contribution in [-0.2, 0) is 12.7 Å². The van der Waals surface area contributed by atoms with Crippen molar-refractivity contribution in [1.29, 1.82) is 0 Å². The summed E-state index contributed by atoms with van der Waals surface area (Å²) in [7, 11) is 0. The van der Waals surface area contributed by atoms with Gasteiger partial charge in [0, 0.05) is 49.7 Å². The monoisotopic (exact) mass is 452 g/mol. The molecule has 1 aliphatic carbocycles. The zero-order valence-corrected chi connectivity index (χ0v) is 17.4. The van der Waals surface area contributed by atoms with Gasteiger partial charge in [-0.05, 0) is 31.4 Å². The summed E-state index contributed by atoms with van der Waals surface area (Å²) in [6.07, 6.45) is 1.44. The third-order valence-electron chi connectivity index (χ3n) is 6.94. The maximum Gasteiger partial charge on any atom is 0.416 e. The molecule has 32 heavy (non-hydrogen) atoms. The number of likely N-dealkylation sites (tertiary alicyclic amines) is 2. The summed E-state index contributed by atoms with van der Waals surface area (Å²) in [5.74, 6) is -0.850. The first-order valence-corrected chi connectivity index (χ1v) is 10.7. The Hall–Kier alpha value is -2.69. The van der Waals surface area contributed by atoms with Gasteiger partial charge in [0.1, 0.15) is 18.5 Å². The largest absolute Gasteiger partial charge is 0.416 e. The zero-order valence-electron chi connectivity index (χ0n) is 17.4. The van der Waals surface area contributed by atoms with Crippen LogP contribution in [0.4, 0.5) is 22.4 Å². The number of aromatic nitrogens is 3. The fourth-order valence-corrected chi connectivity index (χ4v) is 5.16. The zero-order chi connectivity index (χ0) is 22.5. The third kappa shape index (κ3) is 3.94. The molecular formula is C21H24F4N6O. The Morgan fingerprint density at radius 2 is 1.88 bits per heavy atom. The van der Waals surface area contributed by atoms with Crippen molar-refractivity contribution in [2.45, 2.75) is 44.1 Å². The molecule has 172 valence electrons. The highest BCUT2D eigenvalue weighted by atomic mass is 19.4. The van der Waals surface area contributed by atoms with Crippen molar-refractivity contribution in [2.75, 3.05) is 26.2 Å². The molecule has 1 atom stereocenters. The molecule has 2 saturated heterocycles. The molecule has 0 bridgehead atoms. The normalized spacial score (nSPS) is 22.8. The summed E-state index contributed by atoms with van der Waals surface area (Å²) in [6.45, 7) is 2.99. The molecule has 1 aromatic carbocycles. The third-order valence-corrected chi connectivity index (χ3v) is 6.94. The average Bonchev–Trinajstić information content (AvgIpc) is 3.37. The predicted octanol–water partition coefficient (Wildman–Crippen LogP) is 3.06. The van der Waals surface area contributed by atoms with E-state index in [4.69, 9.17) is 0 Å². The maximum absolute atomic E-state index is 14.0. The molecule has 2 amide bonds. The van der Waals surface area contributed by atoms with E-state index in [1.807, 2.05) is 14.4 Å². The molecule has 1 saturated carbocycles. The van der Waals surface area contributed by atoms with E-state index in [2.05, 4.69) is 15.5 Å². The van der Waals surface area contributed by atoms with E-state index >= 15 is 0 Å². The molecule has 3 heterocycles. The van der Waals surface area contributed by atoms with Crippen LogP contribution in [-0.4, -0.2) is 62.8 Å². The lowest BCUT2D eigenvalue weighted by molar-refractivity contribution is -0.137. The van der Waals surface area contributed by atoms with Gasteiger partial charge in [-0.25, -0.2) is 9.18 Å². The molecule has 0 unspecified atom stereocenters. The lowest BCUT2D eigenvalue weighted by Crippen LogP contribution is -2.68. The van der Waals surface area contributed by atoms with E-state index in [9.17, 15) is 22.4 Å². The number of carbonyl (C=O) groups excluding carboxylic acids is 1. The second-order valence-electron chi connectivity index (χ2n) is 9.23. The van der Waals surface area contributed by atoms with Gasteiger partial charge < -0.3 is 19.7 Å². The lowest BCUT2D eigenvalue weighted by Gasteiger charge is -2.59. The summed E-state index contributed by atoms with van der Waals surface area (Å²) >= 11 is 0. The molecule has 3 fully saturated rings. The van der Waals surface area contributed by atoms with Crippen molar-refractivity contribution in [1.82, 2.24) is 29.9 Å². The minimum absolute atomic E-state index is 0.0643. The van der Waals surface area contributed by atoms with E-state index < -0.39 is 17.6 Å². The topological polar surface area (TPSA) is 66.3 Å². The van der Waals surface area contributed by atoms with Gasteiger partial charge in [0.25, 0.3) is 0 Å². The standard InChI is InChI=1S/C21H24F4N6O/c22-18-5-15(21(23,24)25)2-1-14(18)8-26-16-6-20(7-16)10-30(11-20)19(32)29-4-3-17(9-29)31-12-27-28-13-31/h1-2,5,12-13,16-17,26H,3-4,6-11H2/t17-/m0/s1. The van der Waals surface area contributed by atoms with Gasteiger partial charge in [0.15, 0.2) is 0 Å². The predicted molar refractivity (Wildman–Crippen MR) is 106 cm³/mol. The van der Waals surface area contributed by atoms with E-state index in [0.29, 0.717) is 32.2 Å². The summed E-state index contributed by atoms with van der Waals surface area (Å²) in [4.78, 5) is 16.5. The van der Waals surface area contributed by atoms with Gasteiger partial charge in [-0.1, -0.05) is 6.07 Å². The Morgan fingerprint density at radius 1 is 1.16 bits per heavy atom. The van der Waals surface area contributed by atoms with Crippen molar-refractivity contribution in [3.05, 3.63) is 47.8 Å². The Kier molecular flexibility index (Phi) is 5.11. The molecule has 3 aliphatic rings. The molecular weight excluding hydrogens is 428 g/mol. The van der Waals surface area contributed by atoms with Gasteiger partial charge in [-0.2, -0.15) is 13.2 Å². The first-order chi connectivity index (χ1) is 15.2. The lowest BCUT2D eigenvalue weighted by atomic mass is 9.60. The Balaban J connectivity index is 1.06. The first kappa shape index (κ1) is 21.2. The van der Waals surface area contributed by atoms with Crippen molar-refractivity contribution >= 4 is 6.03 Å². The summed E-state index contributed by atoms with van der Waals surface area (Å²) in [5, 5.41) is 10.9. The molecule has 1 N–H and O–H groups in total. The quantitative estimate of drug-likeness (QED) is 0.725. The second-order valence-corrected chi connectivity index (χ2v) is 9.23. The number of urea groups is 1. The van der Waals surface area contributed by atoms with E-state index in [-0.39, 0.29) is 35.6 Å². The van der Waals surface area contributed by atoms with Crippen LogP contribution in [0.15, 0.2) is 30.9 Å². The second kappa shape index (κ2) is 7.72. The van der Waals surface area contributed by atoms with Crippen LogP contribution in [0, 0.1) is 11.2 Å². The van der Waals surface area contributed by atoms with Gasteiger partial charge in [-0.3, -0.25) is 0 Å². The summed E-state index contributed by atoms with van der Waals surface area (Å²) < 4.78 is 53.9. The summed E-state index contributed by atoms with van der Waals surface area (Å²) in [6, 6.07) is 3.10. The number of hydrogen-bond donors (Lipinski definition) is 1. The van der Waals surface area contributed by atoms with Crippen LogP contribution in [0.3, 0.4) is 0 Å². The number of amides is 2. The fraction of sp³-hybridized carbons (Fsp3) is 0.571. The van der Waals surface area contributed by atoms with E-state index in [0.717, 1.165) is 25.3 Å². The molecule has 11 heteroatoms. The SMILES string of the molecule is O=C(N1CC[C@H](n2cnnc2)C1)N1CC2(CC(NCc3ccc(C(F)(F)F)cc3F)C2)C1. The molecule has 7 nitrogen and oxygen atoms in total. The van der Waals surface area contributed by atoms with Gasteiger partial charge in [0.05, 0.1) is 11.6 Å². The first-order valence-electron chi connectivity index (χ1n) is 10.7. The van der Waals surface area contributed by atoms with E-state index in [1.165, 1.54) is 6.07 Å². The molecule has 5 rings (SSSR count). The molecule has 0 radical (unpaired) electrons. The van der Waals surface area contributed by atoms with Crippen molar-refractivity contribution < 1.29 is 22.4 Å². The number of rotatable bonds is 4. The van der Waals surface area contributed by atoms with Crippen LogP contribution >= 0.6 is 0 Å². The molecule has 1 aromatic heterocycles. The minimum atomic E-state index is -4.55. The van der Waals surface area contributed by atoms with Crippen LogP contribution in [0.2, 0.25) is 0 Å². The number of nitrogens with zero attached hydrogens (tertiary/aromatic N) is 5. The van der Waals surface area contributed by atoms with Crippen LogP contribution < -0.4 is 5.32 Å². The number of alkyl halides is 3. The molecule has 2 aliphatic heterocycles. The highest BCUT2D eigenvalue weighted by molar-refractivity contribution is 5.76. The van der Waals surface area contributed by atoms with Crippen molar-refractivity contribution in [3.8, 4) is 0 Å². The van der Waals surface area contributed by atoms with Gasteiger partial charge in [0.2, 0.25) is 0 Å². The van der Waals surface area contributed by atoms with Gasteiger partial charge >= 0.3 is 12.2 Å². The molecule has 2 aromatic rings. The van der Waals surface area contributed by atoms with E-state index in [1.54, 1.807) is 12.7 Å².